The molecule has 0 unspecified atom stereocenters. The number of hydrogen-bond donors (Lipinski definition) is 0. The number of fused-ring (bicyclic) bond motifs is 5. The van der Waals surface area contributed by atoms with Crippen LogP contribution >= 0.6 is 11.8 Å². The minimum Gasteiger partial charge on any atom is -0.310 e. The molecule has 1 aliphatic heterocycles. The summed E-state index contributed by atoms with van der Waals surface area (Å²) in [5.74, 6) is 0. The molecule has 0 saturated heterocycles. The van der Waals surface area contributed by atoms with E-state index in [1.54, 1.807) is 0 Å². The Balaban J connectivity index is 1.33. The molecule has 3 nitrogen and oxygen atoms in total. The van der Waals surface area contributed by atoms with Crippen molar-refractivity contribution in [1.29, 1.82) is 5.26 Å². The fourth-order valence-corrected chi connectivity index (χ4v) is 8.10. The molecular formula is C40H29N3S. The molecule has 0 spiro atoms. The van der Waals surface area contributed by atoms with Crippen LogP contribution in [-0.4, -0.2) is 4.57 Å². The third-order valence-corrected chi connectivity index (χ3v) is 9.99. The number of hydrogen-bond acceptors (Lipinski definition) is 3. The SMILES string of the molecule is CC1(C)c2ccccc2Sc2cc(N(c3ccc(C#N)cc3)c3ccc4c(c3)c3ccccc3n4-c3ccccc3)ccc21. The topological polar surface area (TPSA) is 32.0 Å². The van der Waals surface area contributed by atoms with E-state index < -0.39 is 0 Å². The maximum atomic E-state index is 9.51. The van der Waals surface area contributed by atoms with Crippen molar-refractivity contribution in [1.82, 2.24) is 4.57 Å². The molecule has 0 bridgehead atoms. The van der Waals surface area contributed by atoms with Crippen LogP contribution in [0.4, 0.5) is 17.1 Å². The zero-order valence-corrected chi connectivity index (χ0v) is 25.3. The van der Waals surface area contributed by atoms with Gasteiger partial charge in [0, 0.05) is 48.7 Å². The van der Waals surface area contributed by atoms with E-state index in [0.717, 1.165) is 22.7 Å². The lowest BCUT2D eigenvalue weighted by atomic mass is 9.77. The van der Waals surface area contributed by atoms with Crippen molar-refractivity contribution in [3.05, 3.63) is 156 Å². The molecule has 0 fully saturated rings. The van der Waals surface area contributed by atoms with Crippen LogP contribution in [0.25, 0.3) is 27.5 Å². The predicted molar refractivity (Wildman–Crippen MR) is 183 cm³/mol. The van der Waals surface area contributed by atoms with E-state index in [4.69, 9.17) is 0 Å². The van der Waals surface area contributed by atoms with E-state index in [9.17, 15) is 5.26 Å². The van der Waals surface area contributed by atoms with Gasteiger partial charge >= 0.3 is 0 Å². The largest absolute Gasteiger partial charge is 0.310 e. The van der Waals surface area contributed by atoms with Crippen LogP contribution < -0.4 is 4.90 Å². The maximum absolute atomic E-state index is 9.51. The summed E-state index contributed by atoms with van der Waals surface area (Å²) < 4.78 is 2.34. The van der Waals surface area contributed by atoms with Gasteiger partial charge in [-0.05, 0) is 90.0 Å². The first kappa shape index (κ1) is 26.4. The van der Waals surface area contributed by atoms with Gasteiger partial charge in [-0.3, -0.25) is 0 Å². The third kappa shape index (κ3) is 4.12. The highest BCUT2D eigenvalue weighted by molar-refractivity contribution is 7.99. The smallest absolute Gasteiger partial charge is 0.0991 e. The summed E-state index contributed by atoms with van der Waals surface area (Å²) in [5, 5.41) is 11.9. The molecule has 4 heteroatoms. The molecule has 0 aliphatic carbocycles. The van der Waals surface area contributed by atoms with E-state index in [0.29, 0.717) is 5.56 Å². The van der Waals surface area contributed by atoms with Crippen LogP contribution in [0.5, 0.6) is 0 Å². The molecule has 44 heavy (non-hydrogen) atoms. The van der Waals surface area contributed by atoms with Gasteiger partial charge in [-0.25, -0.2) is 0 Å². The number of benzene rings is 6. The van der Waals surface area contributed by atoms with Crippen LogP contribution in [0.1, 0.15) is 30.5 Å². The molecule has 6 aromatic carbocycles. The molecule has 8 rings (SSSR count). The van der Waals surface area contributed by atoms with Crippen LogP contribution in [0, 0.1) is 11.3 Å². The Kier molecular flexibility index (Phi) is 6.11. The normalized spacial score (nSPS) is 13.3. The second-order valence-corrected chi connectivity index (χ2v) is 12.9. The van der Waals surface area contributed by atoms with Crippen LogP contribution in [0.3, 0.4) is 0 Å². The predicted octanol–water partition coefficient (Wildman–Crippen LogP) is 10.9. The van der Waals surface area contributed by atoms with Crippen molar-refractivity contribution in [3.63, 3.8) is 0 Å². The average Bonchev–Trinajstić information content (AvgIpc) is 3.39. The van der Waals surface area contributed by atoms with Crippen molar-refractivity contribution < 1.29 is 0 Å². The fraction of sp³-hybridized carbons (Fsp3) is 0.0750. The quantitative estimate of drug-likeness (QED) is 0.207. The molecule has 0 radical (unpaired) electrons. The van der Waals surface area contributed by atoms with E-state index >= 15 is 0 Å². The highest BCUT2D eigenvalue weighted by Gasteiger charge is 2.33. The standard InChI is InChI=1S/C40H29N3S/c1-40(2)34-13-7-9-15-38(34)44-39-25-31(20-22-35(39)40)42(29-18-16-27(26-41)17-19-29)30-21-23-37-33(24-30)32-12-6-8-14-36(32)43(37)28-10-4-3-5-11-28/h3-25H,1-2H3. The molecule has 0 N–H and O–H groups in total. The van der Waals surface area contributed by atoms with Gasteiger partial charge in [0.1, 0.15) is 0 Å². The summed E-state index contributed by atoms with van der Waals surface area (Å²) in [7, 11) is 0. The van der Waals surface area contributed by atoms with E-state index in [1.165, 1.54) is 42.7 Å². The molecule has 1 aromatic heterocycles. The highest BCUT2D eigenvalue weighted by Crippen LogP contribution is 2.51. The second-order valence-electron chi connectivity index (χ2n) is 11.8. The van der Waals surface area contributed by atoms with Gasteiger partial charge in [0.15, 0.2) is 0 Å². The number of aromatic nitrogens is 1. The summed E-state index contributed by atoms with van der Waals surface area (Å²) >= 11 is 1.85. The van der Waals surface area contributed by atoms with E-state index in [1.807, 2.05) is 36.0 Å². The second kappa shape index (κ2) is 10.2. The van der Waals surface area contributed by atoms with Crippen molar-refractivity contribution in [2.24, 2.45) is 0 Å². The Hall–Kier alpha value is -5.24. The maximum Gasteiger partial charge on any atom is 0.0991 e. The van der Waals surface area contributed by atoms with Crippen LogP contribution in [0.2, 0.25) is 0 Å². The molecule has 0 atom stereocenters. The number of nitriles is 1. The zero-order chi connectivity index (χ0) is 29.8. The fourth-order valence-electron chi connectivity index (χ4n) is 6.67. The summed E-state index contributed by atoms with van der Waals surface area (Å²) in [5.41, 5.74) is 9.92. The zero-order valence-electron chi connectivity index (χ0n) is 24.5. The molecule has 210 valence electrons. The molecular weight excluding hydrogens is 555 g/mol. The van der Waals surface area contributed by atoms with Crippen molar-refractivity contribution in [2.45, 2.75) is 29.1 Å². The lowest BCUT2D eigenvalue weighted by molar-refractivity contribution is 0.607. The third-order valence-electron chi connectivity index (χ3n) is 8.86. The summed E-state index contributed by atoms with van der Waals surface area (Å²) in [6.45, 7) is 4.64. The first-order valence-electron chi connectivity index (χ1n) is 14.8. The molecule has 2 heterocycles. The molecule has 7 aromatic rings. The monoisotopic (exact) mass is 583 g/mol. The summed E-state index contributed by atoms with van der Waals surface area (Å²) in [4.78, 5) is 4.89. The summed E-state index contributed by atoms with van der Waals surface area (Å²) in [6, 6.07) is 51.7. The first-order valence-corrected chi connectivity index (χ1v) is 15.7. The number of para-hydroxylation sites is 2. The van der Waals surface area contributed by atoms with Gasteiger partial charge in [-0.1, -0.05) is 86.3 Å². The Bertz CT molecular complexity index is 2240. The van der Waals surface area contributed by atoms with Gasteiger partial charge in [0.25, 0.3) is 0 Å². The van der Waals surface area contributed by atoms with Gasteiger partial charge in [0.05, 0.1) is 22.7 Å². The van der Waals surface area contributed by atoms with Crippen molar-refractivity contribution in [3.8, 4) is 11.8 Å². The molecule has 0 amide bonds. The number of nitrogens with zero attached hydrogens (tertiary/aromatic N) is 3. The van der Waals surface area contributed by atoms with Crippen molar-refractivity contribution >= 4 is 50.6 Å². The van der Waals surface area contributed by atoms with Gasteiger partial charge in [-0.2, -0.15) is 5.26 Å². The lowest BCUT2D eigenvalue weighted by Crippen LogP contribution is -2.24. The lowest BCUT2D eigenvalue weighted by Gasteiger charge is -2.35. The Labute approximate surface area is 261 Å². The molecule has 0 saturated carbocycles. The molecule has 1 aliphatic rings. The van der Waals surface area contributed by atoms with Crippen molar-refractivity contribution in [2.75, 3.05) is 4.90 Å². The highest BCUT2D eigenvalue weighted by atomic mass is 32.2. The van der Waals surface area contributed by atoms with E-state index in [-0.39, 0.29) is 5.41 Å². The Morgan fingerprint density at radius 3 is 2.05 bits per heavy atom. The first-order chi connectivity index (χ1) is 21.5. The van der Waals surface area contributed by atoms with E-state index in [2.05, 4.69) is 145 Å². The summed E-state index contributed by atoms with van der Waals surface area (Å²) in [6.07, 6.45) is 0. The Morgan fingerprint density at radius 2 is 1.23 bits per heavy atom. The van der Waals surface area contributed by atoms with Gasteiger partial charge < -0.3 is 9.47 Å². The van der Waals surface area contributed by atoms with Crippen LogP contribution in [-0.2, 0) is 5.41 Å². The number of rotatable bonds is 4. The van der Waals surface area contributed by atoms with Gasteiger partial charge in [-0.15, -0.1) is 0 Å². The minimum absolute atomic E-state index is 0.0901. The number of anilines is 3. The Morgan fingerprint density at radius 1 is 0.591 bits per heavy atom. The minimum atomic E-state index is -0.0901. The average molecular weight is 584 g/mol. The van der Waals surface area contributed by atoms with Crippen LogP contribution in [0.15, 0.2) is 149 Å². The van der Waals surface area contributed by atoms with Gasteiger partial charge in [0.2, 0.25) is 0 Å².